The van der Waals surface area contributed by atoms with E-state index < -0.39 is 0 Å². The molecular weight excluding hydrogens is 120 g/mol. The fourth-order valence-electron chi connectivity index (χ4n) is 2.60. The van der Waals surface area contributed by atoms with Crippen LogP contribution in [-0.4, -0.2) is 0 Å². The maximum absolute atomic E-state index is 2.51. The van der Waals surface area contributed by atoms with Gasteiger partial charge in [0.2, 0.25) is 0 Å². The Kier molecular flexibility index (Phi) is 0.803. The van der Waals surface area contributed by atoms with E-state index in [1.54, 1.807) is 11.1 Å². The SMILES string of the molecule is C1=C2CCCC=C3CC1C23. The lowest BCUT2D eigenvalue weighted by Crippen LogP contribution is -2.36. The predicted octanol–water partition coefficient (Wildman–Crippen LogP) is 2.67. The molecule has 0 heteroatoms. The van der Waals surface area contributed by atoms with Gasteiger partial charge >= 0.3 is 0 Å². The van der Waals surface area contributed by atoms with Crippen molar-refractivity contribution in [2.45, 2.75) is 25.7 Å². The van der Waals surface area contributed by atoms with Crippen LogP contribution in [0.3, 0.4) is 0 Å². The largest absolute Gasteiger partial charge is 0.0847 e. The smallest absolute Gasteiger partial charge is 0.00732 e. The first-order valence-corrected chi connectivity index (χ1v) is 4.34. The molecule has 0 aromatic heterocycles. The lowest BCUT2D eigenvalue weighted by Gasteiger charge is -2.47. The first-order valence-electron chi connectivity index (χ1n) is 4.34. The highest BCUT2D eigenvalue weighted by molar-refractivity contribution is 5.42. The van der Waals surface area contributed by atoms with E-state index in [4.69, 9.17) is 0 Å². The molecule has 10 heavy (non-hydrogen) atoms. The van der Waals surface area contributed by atoms with Crippen molar-refractivity contribution in [1.82, 2.24) is 0 Å². The zero-order chi connectivity index (χ0) is 6.55. The summed E-state index contributed by atoms with van der Waals surface area (Å²) in [7, 11) is 0. The average molecular weight is 132 g/mol. The van der Waals surface area contributed by atoms with Crippen molar-refractivity contribution in [2.75, 3.05) is 0 Å². The second kappa shape index (κ2) is 1.55. The Labute approximate surface area is 61.6 Å². The van der Waals surface area contributed by atoms with Crippen LogP contribution in [0.15, 0.2) is 23.3 Å². The van der Waals surface area contributed by atoms with E-state index in [1.165, 1.54) is 25.7 Å². The molecule has 2 unspecified atom stereocenters. The third-order valence-corrected chi connectivity index (χ3v) is 3.20. The maximum atomic E-state index is 2.51. The molecule has 0 aromatic carbocycles. The van der Waals surface area contributed by atoms with Gasteiger partial charge in [0.1, 0.15) is 0 Å². The Balaban J connectivity index is 2.03. The molecule has 0 aromatic rings. The molecule has 0 aliphatic heterocycles. The van der Waals surface area contributed by atoms with Gasteiger partial charge in [-0.3, -0.25) is 0 Å². The quantitative estimate of drug-likeness (QED) is 0.444. The molecule has 52 valence electrons. The van der Waals surface area contributed by atoms with Gasteiger partial charge in [-0.15, -0.1) is 0 Å². The van der Waals surface area contributed by atoms with Crippen LogP contribution >= 0.6 is 0 Å². The minimum absolute atomic E-state index is 0.961. The summed E-state index contributed by atoms with van der Waals surface area (Å²) in [6, 6.07) is 0. The summed E-state index contributed by atoms with van der Waals surface area (Å²) in [5.74, 6) is 1.95. The van der Waals surface area contributed by atoms with Gasteiger partial charge in [-0.05, 0) is 31.6 Å². The van der Waals surface area contributed by atoms with Crippen molar-refractivity contribution in [2.24, 2.45) is 11.8 Å². The molecule has 0 nitrogen and oxygen atoms in total. The second-order valence-corrected chi connectivity index (χ2v) is 3.76. The minimum atomic E-state index is 0.961. The van der Waals surface area contributed by atoms with E-state index in [0.717, 1.165) is 11.8 Å². The molecule has 3 aliphatic rings. The predicted molar refractivity (Wildman–Crippen MR) is 41.6 cm³/mol. The molecule has 0 N–H and O–H groups in total. The van der Waals surface area contributed by atoms with Gasteiger partial charge in [-0.2, -0.15) is 0 Å². The van der Waals surface area contributed by atoms with Crippen LogP contribution < -0.4 is 0 Å². The van der Waals surface area contributed by atoms with Gasteiger partial charge in [-0.1, -0.05) is 23.3 Å². The zero-order valence-corrected chi connectivity index (χ0v) is 6.14. The molecule has 1 fully saturated rings. The first kappa shape index (κ1) is 5.17. The average Bonchev–Trinajstić information content (AvgIpc) is 2.04. The number of hydrogen-bond donors (Lipinski definition) is 0. The molecule has 0 heterocycles. The van der Waals surface area contributed by atoms with Crippen molar-refractivity contribution in [3.05, 3.63) is 23.3 Å². The number of allylic oxidation sites excluding steroid dienone is 4. The molecule has 0 spiro atoms. The van der Waals surface area contributed by atoms with Crippen LogP contribution in [0.5, 0.6) is 0 Å². The summed E-state index contributed by atoms with van der Waals surface area (Å²) in [6.45, 7) is 0. The Morgan fingerprint density at radius 3 is 3.20 bits per heavy atom. The third kappa shape index (κ3) is 0.448. The van der Waals surface area contributed by atoms with Crippen molar-refractivity contribution < 1.29 is 0 Å². The normalized spacial score (nSPS) is 41.6. The maximum Gasteiger partial charge on any atom is 0.00732 e. The molecule has 3 aliphatic carbocycles. The zero-order valence-electron chi connectivity index (χ0n) is 6.14. The highest BCUT2D eigenvalue weighted by atomic mass is 14.5. The summed E-state index contributed by atoms with van der Waals surface area (Å²) in [5.41, 5.74) is 3.53. The molecular formula is C10H12. The fraction of sp³-hybridized carbons (Fsp3) is 0.600. The summed E-state index contributed by atoms with van der Waals surface area (Å²) in [6.07, 6.45) is 10.5. The van der Waals surface area contributed by atoms with E-state index in [1.807, 2.05) is 0 Å². The standard InChI is InChI=1S/C10H12/c1-2-4-8-6-9-5-7(3-1)10(8)9/h3,6,9-10H,1-2,4-5H2. The Morgan fingerprint density at radius 2 is 2.30 bits per heavy atom. The molecule has 0 radical (unpaired) electrons. The second-order valence-electron chi connectivity index (χ2n) is 3.76. The van der Waals surface area contributed by atoms with E-state index >= 15 is 0 Å². The highest BCUT2D eigenvalue weighted by Gasteiger charge is 2.43. The van der Waals surface area contributed by atoms with Crippen LogP contribution in [0, 0.1) is 11.8 Å². The summed E-state index contributed by atoms with van der Waals surface area (Å²) in [5, 5.41) is 0. The lowest BCUT2D eigenvalue weighted by molar-refractivity contribution is 0.328. The minimum Gasteiger partial charge on any atom is -0.0847 e. The summed E-state index contributed by atoms with van der Waals surface area (Å²) >= 11 is 0. The van der Waals surface area contributed by atoms with Gasteiger partial charge in [0.05, 0.1) is 0 Å². The van der Waals surface area contributed by atoms with Crippen LogP contribution in [0.25, 0.3) is 0 Å². The van der Waals surface area contributed by atoms with E-state index in [2.05, 4.69) is 12.2 Å². The Morgan fingerprint density at radius 1 is 1.30 bits per heavy atom. The molecule has 1 saturated carbocycles. The van der Waals surface area contributed by atoms with Gasteiger partial charge in [0.25, 0.3) is 0 Å². The van der Waals surface area contributed by atoms with Crippen LogP contribution in [0.4, 0.5) is 0 Å². The molecule has 0 saturated heterocycles. The monoisotopic (exact) mass is 132 g/mol. The van der Waals surface area contributed by atoms with Crippen LogP contribution in [0.2, 0.25) is 0 Å². The molecule has 2 atom stereocenters. The van der Waals surface area contributed by atoms with Crippen LogP contribution in [-0.2, 0) is 0 Å². The van der Waals surface area contributed by atoms with Gasteiger partial charge in [-0.25, -0.2) is 0 Å². The van der Waals surface area contributed by atoms with Gasteiger partial charge in [0, 0.05) is 5.92 Å². The topological polar surface area (TPSA) is 0 Å². The van der Waals surface area contributed by atoms with Crippen molar-refractivity contribution in [3.8, 4) is 0 Å². The summed E-state index contributed by atoms with van der Waals surface area (Å²) in [4.78, 5) is 0. The van der Waals surface area contributed by atoms with E-state index in [0.29, 0.717) is 0 Å². The van der Waals surface area contributed by atoms with Crippen molar-refractivity contribution in [1.29, 1.82) is 0 Å². The molecule has 3 rings (SSSR count). The number of rotatable bonds is 0. The Hall–Kier alpha value is -0.520. The first-order chi connectivity index (χ1) is 4.95. The molecule has 0 amide bonds. The third-order valence-electron chi connectivity index (χ3n) is 3.20. The van der Waals surface area contributed by atoms with Crippen molar-refractivity contribution >= 4 is 0 Å². The fourth-order valence-corrected chi connectivity index (χ4v) is 2.60. The van der Waals surface area contributed by atoms with E-state index in [-0.39, 0.29) is 0 Å². The van der Waals surface area contributed by atoms with E-state index in [9.17, 15) is 0 Å². The van der Waals surface area contributed by atoms with Gasteiger partial charge < -0.3 is 0 Å². The van der Waals surface area contributed by atoms with Crippen LogP contribution in [0.1, 0.15) is 25.7 Å². The Bertz CT molecular complexity index is 230. The molecule has 0 bridgehead atoms. The summed E-state index contributed by atoms with van der Waals surface area (Å²) < 4.78 is 0. The number of hydrogen-bond acceptors (Lipinski definition) is 0. The van der Waals surface area contributed by atoms with Crippen molar-refractivity contribution in [3.63, 3.8) is 0 Å². The highest BCUT2D eigenvalue weighted by Crippen LogP contribution is 2.55. The van der Waals surface area contributed by atoms with Gasteiger partial charge in [0.15, 0.2) is 0 Å². The lowest BCUT2D eigenvalue weighted by atomic mass is 9.57.